The first kappa shape index (κ1) is 17.8. The molecule has 0 saturated heterocycles. The van der Waals surface area contributed by atoms with Crippen LogP contribution in [0.15, 0.2) is 36.4 Å². The summed E-state index contributed by atoms with van der Waals surface area (Å²) in [6.07, 6.45) is 2.77. The third-order valence-corrected chi connectivity index (χ3v) is 5.03. The molecule has 1 aliphatic rings. The third-order valence-electron chi connectivity index (χ3n) is 4.21. The summed E-state index contributed by atoms with van der Waals surface area (Å²) < 4.78 is 25.4. The predicted octanol–water partition coefficient (Wildman–Crippen LogP) is 3.44. The normalized spacial score (nSPS) is 16.4. The molecule has 2 aromatic carbocycles. The zero-order chi connectivity index (χ0) is 18.2. The van der Waals surface area contributed by atoms with Crippen LogP contribution in [0.2, 0.25) is 5.02 Å². The van der Waals surface area contributed by atoms with Crippen molar-refractivity contribution in [2.45, 2.75) is 25.8 Å². The monoisotopic (exact) mass is 378 g/mol. The van der Waals surface area contributed by atoms with E-state index in [2.05, 4.69) is 28.2 Å². The van der Waals surface area contributed by atoms with Crippen molar-refractivity contribution in [1.82, 2.24) is 5.32 Å². The van der Waals surface area contributed by atoms with Crippen LogP contribution in [0.5, 0.6) is 0 Å². The van der Waals surface area contributed by atoms with Crippen LogP contribution in [0, 0.1) is 6.92 Å². The second-order valence-electron chi connectivity index (χ2n) is 6.33. The maximum atomic E-state index is 12.7. The average molecular weight is 379 g/mol. The van der Waals surface area contributed by atoms with E-state index in [0.717, 1.165) is 30.2 Å². The summed E-state index contributed by atoms with van der Waals surface area (Å²) in [5.74, 6) is -0.354. The van der Waals surface area contributed by atoms with E-state index in [1.54, 1.807) is 6.07 Å². The lowest BCUT2D eigenvalue weighted by molar-refractivity contribution is 0.0937. The van der Waals surface area contributed by atoms with Gasteiger partial charge < -0.3 is 5.32 Å². The molecule has 0 radical (unpaired) electrons. The number of benzene rings is 2. The number of aryl methyl sites for hydroxylation is 2. The Morgan fingerprint density at radius 2 is 1.96 bits per heavy atom. The molecule has 1 atom stereocenters. The van der Waals surface area contributed by atoms with E-state index < -0.39 is 10.0 Å². The molecule has 0 fully saturated rings. The summed E-state index contributed by atoms with van der Waals surface area (Å²) in [6.45, 7) is 2.02. The molecule has 0 aliphatic heterocycles. The highest BCUT2D eigenvalue weighted by Crippen LogP contribution is 2.32. The summed E-state index contributed by atoms with van der Waals surface area (Å²) in [5.41, 5.74) is 3.91. The van der Waals surface area contributed by atoms with E-state index in [4.69, 9.17) is 11.6 Å². The fourth-order valence-corrected chi connectivity index (χ4v) is 3.85. The minimum Gasteiger partial charge on any atom is -0.345 e. The van der Waals surface area contributed by atoms with E-state index in [-0.39, 0.29) is 23.2 Å². The first-order valence-corrected chi connectivity index (χ1v) is 10.2. The lowest BCUT2D eigenvalue weighted by atomic mass is 10.0. The molecule has 0 heterocycles. The van der Waals surface area contributed by atoms with Crippen molar-refractivity contribution in [2.75, 3.05) is 11.0 Å². The third kappa shape index (κ3) is 4.14. The molecule has 1 unspecified atom stereocenters. The summed E-state index contributed by atoms with van der Waals surface area (Å²) in [6, 6.07) is 10.6. The molecule has 0 aromatic heterocycles. The SMILES string of the molecule is Cc1ccc2c(c1)C(NC(=O)c1cc(Cl)ccc1NS(C)(=O)=O)CC2. The standard InChI is InChI=1S/C18H19ClN2O3S/c1-11-3-4-12-5-7-16(14(12)9-11)20-18(22)15-10-13(19)6-8-17(15)21-25(2,23)24/h3-4,6,8-10,16,21H,5,7H2,1-2H3,(H,20,22). The Balaban J connectivity index is 1.88. The maximum Gasteiger partial charge on any atom is 0.253 e. The van der Waals surface area contributed by atoms with Crippen molar-refractivity contribution in [1.29, 1.82) is 0 Å². The lowest BCUT2D eigenvalue weighted by Crippen LogP contribution is -2.28. The summed E-state index contributed by atoms with van der Waals surface area (Å²) >= 11 is 5.99. The number of rotatable bonds is 4. The summed E-state index contributed by atoms with van der Waals surface area (Å²) in [5, 5.41) is 3.37. The van der Waals surface area contributed by atoms with Crippen LogP contribution in [0.3, 0.4) is 0 Å². The molecule has 3 rings (SSSR count). The molecule has 7 heteroatoms. The van der Waals surface area contributed by atoms with Crippen molar-refractivity contribution in [2.24, 2.45) is 0 Å². The fourth-order valence-electron chi connectivity index (χ4n) is 3.10. The molecule has 1 aliphatic carbocycles. The fraction of sp³-hybridized carbons (Fsp3) is 0.278. The van der Waals surface area contributed by atoms with E-state index in [0.29, 0.717) is 5.02 Å². The van der Waals surface area contributed by atoms with Crippen molar-refractivity contribution >= 4 is 33.2 Å². The van der Waals surface area contributed by atoms with Crippen molar-refractivity contribution in [3.05, 3.63) is 63.7 Å². The van der Waals surface area contributed by atoms with E-state index >= 15 is 0 Å². The first-order valence-electron chi connectivity index (χ1n) is 7.90. The van der Waals surface area contributed by atoms with Gasteiger partial charge in [0.15, 0.2) is 0 Å². The Labute approximate surface area is 152 Å². The first-order chi connectivity index (χ1) is 11.7. The van der Waals surface area contributed by atoms with E-state index in [1.165, 1.54) is 17.7 Å². The van der Waals surface area contributed by atoms with E-state index in [1.807, 2.05) is 6.92 Å². The Kier molecular flexibility index (Phi) is 4.75. The average Bonchev–Trinajstić information content (AvgIpc) is 2.90. The van der Waals surface area contributed by atoms with Gasteiger partial charge in [0.1, 0.15) is 0 Å². The molecule has 2 N–H and O–H groups in total. The molecule has 25 heavy (non-hydrogen) atoms. The van der Waals surface area contributed by atoms with Crippen LogP contribution in [-0.2, 0) is 16.4 Å². The number of nitrogens with one attached hydrogen (secondary N) is 2. The van der Waals surface area contributed by atoms with Gasteiger partial charge >= 0.3 is 0 Å². The smallest absolute Gasteiger partial charge is 0.253 e. The number of sulfonamides is 1. The van der Waals surface area contributed by atoms with Gasteiger partial charge in [0.25, 0.3) is 5.91 Å². The van der Waals surface area contributed by atoms with Gasteiger partial charge in [-0.25, -0.2) is 8.42 Å². The zero-order valence-corrected chi connectivity index (χ0v) is 15.5. The number of amides is 1. The number of halogens is 1. The molecule has 5 nitrogen and oxygen atoms in total. The number of fused-ring (bicyclic) bond motifs is 1. The van der Waals surface area contributed by atoms with Crippen LogP contribution in [0.25, 0.3) is 0 Å². The van der Waals surface area contributed by atoms with Crippen molar-refractivity contribution in [3.8, 4) is 0 Å². The van der Waals surface area contributed by atoms with Gasteiger partial charge in [-0.3, -0.25) is 9.52 Å². The van der Waals surface area contributed by atoms with Gasteiger partial charge in [0.05, 0.1) is 23.5 Å². The number of carbonyl (C=O) groups is 1. The zero-order valence-electron chi connectivity index (χ0n) is 14.0. The van der Waals surface area contributed by atoms with E-state index in [9.17, 15) is 13.2 Å². The Hall–Kier alpha value is -2.05. The lowest BCUT2D eigenvalue weighted by Gasteiger charge is -2.17. The number of hydrogen-bond donors (Lipinski definition) is 2. The van der Waals surface area contributed by atoms with Gasteiger partial charge in [-0.05, 0) is 49.1 Å². The van der Waals surface area contributed by atoms with Gasteiger partial charge in [0, 0.05) is 5.02 Å². The molecular weight excluding hydrogens is 360 g/mol. The highest BCUT2D eigenvalue weighted by atomic mass is 35.5. The molecule has 1 amide bonds. The second-order valence-corrected chi connectivity index (χ2v) is 8.52. The van der Waals surface area contributed by atoms with Crippen LogP contribution in [0.4, 0.5) is 5.69 Å². The van der Waals surface area contributed by atoms with Gasteiger partial charge in [-0.15, -0.1) is 0 Å². The molecule has 0 saturated carbocycles. The minimum atomic E-state index is -3.50. The highest BCUT2D eigenvalue weighted by molar-refractivity contribution is 7.92. The van der Waals surface area contributed by atoms with Gasteiger partial charge in [0.2, 0.25) is 10.0 Å². The highest BCUT2D eigenvalue weighted by Gasteiger charge is 2.25. The Bertz CT molecular complexity index is 941. The van der Waals surface area contributed by atoms with Crippen LogP contribution < -0.4 is 10.0 Å². The predicted molar refractivity (Wildman–Crippen MR) is 99.6 cm³/mol. The second kappa shape index (κ2) is 6.69. The summed E-state index contributed by atoms with van der Waals surface area (Å²) in [4.78, 5) is 12.7. The van der Waals surface area contributed by atoms with Crippen LogP contribution in [-0.4, -0.2) is 20.6 Å². The molecule has 0 bridgehead atoms. The molecule has 2 aromatic rings. The summed E-state index contributed by atoms with van der Waals surface area (Å²) in [7, 11) is -3.50. The quantitative estimate of drug-likeness (QED) is 0.855. The molecular formula is C18H19ClN2O3S. The van der Waals surface area contributed by atoms with Crippen molar-refractivity contribution < 1.29 is 13.2 Å². The van der Waals surface area contributed by atoms with Crippen molar-refractivity contribution in [3.63, 3.8) is 0 Å². The number of carbonyl (C=O) groups excluding carboxylic acids is 1. The Morgan fingerprint density at radius 3 is 2.68 bits per heavy atom. The topological polar surface area (TPSA) is 75.3 Å². The molecule has 132 valence electrons. The van der Waals surface area contributed by atoms with Gasteiger partial charge in [-0.1, -0.05) is 35.4 Å². The number of anilines is 1. The minimum absolute atomic E-state index is 0.0903. The Morgan fingerprint density at radius 1 is 1.20 bits per heavy atom. The maximum absolute atomic E-state index is 12.7. The number of hydrogen-bond acceptors (Lipinski definition) is 3. The van der Waals surface area contributed by atoms with Crippen LogP contribution in [0.1, 0.15) is 39.5 Å². The largest absolute Gasteiger partial charge is 0.345 e. The van der Waals surface area contributed by atoms with Crippen LogP contribution >= 0.6 is 11.6 Å². The van der Waals surface area contributed by atoms with Gasteiger partial charge in [-0.2, -0.15) is 0 Å². The molecule has 0 spiro atoms.